The standard InChI is InChI=1S/C22H20N4O2S2/c1-3-6-16-7-4-5-8-19(16)28-12-15-11-20(29-13-15)21(27)25-22-24-17(14-30-22)18-9-10-23-26(18)2/h3-11,13-14H,12H2,1-2H3,(H,24,25,27)/b6-3+. The Balaban J connectivity index is 1.39. The lowest BCUT2D eigenvalue weighted by Gasteiger charge is -2.08. The number of nitrogens with zero attached hydrogens (tertiary/aromatic N) is 3. The van der Waals surface area contributed by atoms with Gasteiger partial charge in [0, 0.05) is 29.8 Å². The van der Waals surface area contributed by atoms with Crippen LogP contribution in [-0.4, -0.2) is 20.7 Å². The maximum atomic E-state index is 12.6. The van der Waals surface area contributed by atoms with Gasteiger partial charge in [0.05, 0.1) is 10.6 Å². The van der Waals surface area contributed by atoms with E-state index in [4.69, 9.17) is 4.74 Å². The summed E-state index contributed by atoms with van der Waals surface area (Å²) < 4.78 is 7.70. The zero-order chi connectivity index (χ0) is 20.9. The first-order valence-corrected chi connectivity index (χ1v) is 11.1. The minimum Gasteiger partial charge on any atom is -0.488 e. The second-order valence-corrected chi connectivity index (χ2v) is 8.25. The second kappa shape index (κ2) is 9.06. The molecule has 0 saturated carbocycles. The summed E-state index contributed by atoms with van der Waals surface area (Å²) in [5.41, 5.74) is 3.67. The topological polar surface area (TPSA) is 69.0 Å². The van der Waals surface area contributed by atoms with Crippen LogP contribution in [0.5, 0.6) is 5.75 Å². The van der Waals surface area contributed by atoms with Crippen molar-refractivity contribution in [2.75, 3.05) is 5.32 Å². The Morgan fingerprint density at radius 2 is 2.10 bits per heavy atom. The highest BCUT2D eigenvalue weighted by atomic mass is 32.1. The number of carbonyl (C=O) groups excluding carboxylic acids is 1. The Hall–Kier alpha value is -3.23. The van der Waals surface area contributed by atoms with Crippen molar-refractivity contribution in [1.82, 2.24) is 14.8 Å². The Bertz CT molecular complexity index is 1190. The molecule has 0 bridgehead atoms. The van der Waals surface area contributed by atoms with Gasteiger partial charge >= 0.3 is 0 Å². The van der Waals surface area contributed by atoms with Crippen LogP contribution in [0.4, 0.5) is 5.13 Å². The third kappa shape index (κ3) is 4.50. The van der Waals surface area contributed by atoms with Crippen LogP contribution in [0.1, 0.15) is 27.7 Å². The number of hydrogen-bond acceptors (Lipinski definition) is 6. The van der Waals surface area contributed by atoms with Gasteiger partial charge in [-0.3, -0.25) is 14.8 Å². The summed E-state index contributed by atoms with van der Waals surface area (Å²) >= 11 is 2.78. The highest BCUT2D eigenvalue weighted by molar-refractivity contribution is 7.14. The first kappa shape index (κ1) is 20.1. The molecule has 152 valence electrons. The van der Waals surface area contributed by atoms with Crippen LogP contribution in [-0.2, 0) is 13.7 Å². The molecule has 4 aromatic rings. The van der Waals surface area contributed by atoms with E-state index in [1.807, 2.05) is 73.3 Å². The van der Waals surface area contributed by atoms with E-state index in [-0.39, 0.29) is 5.91 Å². The number of aromatic nitrogens is 3. The van der Waals surface area contributed by atoms with Gasteiger partial charge in [0.1, 0.15) is 18.1 Å². The number of benzene rings is 1. The zero-order valence-corrected chi connectivity index (χ0v) is 18.2. The van der Waals surface area contributed by atoms with Crippen molar-refractivity contribution in [3.8, 4) is 17.1 Å². The number of amides is 1. The predicted octanol–water partition coefficient (Wildman–Crippen LogP) is 5.47. The summed E-state index contributed by atoms with van der Waals surface area (Å²) in [6.45, 7) is 2.38. The van der Waals surface area contributed by atoms with Crippen molar-refractivity contribution in [2.24, 2.45) is 7.05 Å². The van der Waals surface area contributed by atoms with E-state index in [0.29, 0.717) is 16.6 Å². The first-order valence-electron chi connectivity index (χ1n) is 9.31. The molecule has 0 aliphatic carbocycles. The summed E-state index contributed by atoms with van der Waals surface area (Å²) in [6.07, 6.45) is 5.71. The maximum absolute atomic E-state index is 12.6. The fourth-order valence-electron chi connectivity index (χ4n) is 2.89. The third-order valence-corrected chi connectivity index (χ3v) is 6.08. The Morgan fingerprint density at radius 1 is 1.23 bits per heavy atom. The van der Waals surface area contributed by atoms with Gasteiger partial charge in [-0.2, -0.15) is 5.10 Å². The van der Waals surface area contributed by atoms with Crippen LogP contribution in [0.25, 0.3) is 17.5 Å². The molecule has 1 amide bonds. The average Bonchev–Trinajstić information content (AvgIpc) is 3.48. The van der Waals surface area contributed by atoms with Gasteiger partial charge in [0.15, 0.2) is 5.13 Å². The monoisotopic (exact) mass is 436 g/mol. The minimum absolute atomic E-state index is 0.175. The molecule has 8 heteroatoms. The van der Waals surface area contributed by atoms with E-state index in [1.54, 1.807) is 10.9 Å². The fraction of sp³-hybridized carbons (Fsp3) is 0.136. The van der Waals surface area contributed by atoms with Gasteiger partial charge in [0.25, 0.3) is 5.91 Å². The highest BCUT2D eigenvalue weighted by Crippen LogP contribution is 2.26. The number of anilines is 1. The molecular weight excluding hydrogens is 416 g/mol. The van der Waals surface area contributed by atoms with E-state index < -0.39 is 0 Å². The molecule has 0 aliphatic heterocycles. The molecule has 0 radical (unpaired) electrons. The molecule has 6 nitrogen and oxygen atoms in total. The van der Waals surface area contributed by atoms with E-state index in [9.17, 15) is 4.79 Å². The average molecular weight is 437 g/mol. The quantitative estimate of drug-likeness (QED) is 0.417. The highest BCUT2D eigenvalue weighted by Gasteiger charge is 2.14. The van der Waals surface area contributed by atoms with Crippen LogP contribution < -0.4 is 10.1 Å². The molecule has 1 N–H and O–H groups in total. The first-order chi connectivity index (χ1) is 14.6. The molecule has 0 saturated heterocycles. The molecule has 4 rings (SSSR count). The summed E-state index contributed by atoms with van der Waals surface area (Å²) in [6, 6.07) is 11.6. The van der Waals surface area contributed by atoms with Gasteiger partial charge in [-0.15, -0.1) is 22.7 Å². The fourth-order valence-corrected chi connectivity index (χ4v) is 4.38. The van der Waals surface area contributed by atoms with Gasteiger partial charge in [-0.25, -0.2) is 4.98 Å². The van der Waals surface area contributed by atoms with Gasteiger partial charge in [0.2, 0.25) is 0 Å². The number of ether oxygens (including phenoxy) is 1. The second-order valence-electron chi connectivity index (χ2n) is 6.48. The van der Waals surface area contributed by atoms with Crippen LogP contribution in [0.2, 0.25) is 0 Å². The molecule has 0 unspecified atom stereocenters. The smallest absolute Gasteiger partial charge is 0.267 e. The number of para-hydroxylation sites is 1. The predicted molar refractivity (Wildman–Crippen MR) is 122 cm³/mol. The number of nitrogens with one attached hydrogen (secondary N) is 1. The Kier molecular flexibility index (Phi) is 6.06. The lowest BCUT2D eigenvalue weighted by molar-refractivity contribution is 0.103. The molecular formula is C22H20N4O2S2. The van der Waals surface area contributed by atoms with Crippen LogP contribution >= 0.6 is 22.7 Å². The summed E-state index contributed by atoms with van der Waals surface area (Å²) in [5.74, 6) is 0.643. The SMILES string of the molecule is C/C=C/c1ccccc1OCc1csc(C(=O)Nc2nc(-c3ccnn3C)cs2)c1. The normalized spacial score (nSPS) is 11.1. The minimum atomic E-state index is -0.175. The third-order valence-electron chi connectivity index (χ3n) is 4.35. The Labute approximate surface area is 182 Å². The van der Waals surface area contributed by atoms with Crippen molar-refractivity contribution in [2.45, 2.75) is 13.5 Å². The number of allylic oxidation sites excluding steroid dienone is 1. The molecule has 1 aromatic carbocycles. The van der Waals surface area contributed by atoms with Crippen molar-refractivity contribution in [3.05, 3.63) is 75.4 Å². The van der Waals surface area contributed by atoms with Gasteiger partial charge in [-0.1, -0.05) is 30.4 Å². The van der Waals surface area contributed by atoms with Crippen molar-refractivity contribution in [3.63, 3.8) is 0 Å². The molecule has 0 aliphatic rings. The lowest BCUT2D eigenvalue weighted by atomic mass is 10.2. The number of thiazole rings is 1. The molecule has 0 spiro atoms. The van der Waals surface area contributed by atoms with E-state index >= 15 is 0 Å². The molecule has 3 aromatic heterocycles. The number of hydrogen-bond donors (Lipinski definition) is 1. The lowest BCUT2D eigenvalue weighted by Crippen LogP contribution is -2.10. The number of aryl methyl sites for hydroxylation is 1. The van der Waals surface area contributed by atoms with Crippen molar-refractivity contribution < 1.29 is 9.53 Å². The largest absolute Gasteiger partial charge is 0.488 e. The zero-order valence-electron chi connectivity index (χ0n) is 16.5. The van der Waals surface area contributed by atoms with Gasteiger partial charge in [-0.05, 0) is 30.5 Å². The molecule has 3 heterocycles. The molecule has 30 heavy (non-hydrogen) atoms. The van der Waals surface area contributed by atoms with E-state index in [2.05, 4.69) is 15.4 Å². The van der Waals surface area contributed by atoms with Gasteiger partial charge < -0.3 is 4.74 Å². The van der Waals surface area contributed by atoms with Crippen LogP contribution in [0, 0.1) is 0 Å². The van der Waals surface area contributed by atoms with E-state index in [0.717, 1.165) is 28.3 Å². The molecule has 0 fully saturated rings. The van der Waals surface area contributed by atoms with Crippen molar-refractivity contribution >= 4 is 39.8 Å². The number of carbonyl (C=O) groups is 1. The van der Waals surface area contributed by atoms with Crippen LogP contribution in [0.15, 0.2) is 59.4 Å². The summed E-state index contributed by atoms with van der Waals surface area (Å²) in [4.78, 5) is 17.7. The number of rotatable bonds is 7. The molecule has 0 atom stereocenters. The Morgan fingerprint density at radius 3 is 2.90 bits per heavy atom. The maximum Gasteiger partial charge on any atom is 0.267 e. The van der Waals surface area contributed by atoms with Crippen LogP contribution in [0.3, 0.4) is 0 Å². The summed E-state index contributed by atoms with van der Waals surface area (Å²) in [5, 5.41) is 11.4. The van der Waals surface area contributed by atoms with Crippen molar-refractivity contribution in [1.29, 1.82) is 0 Å². The summed E-state index contributed by atoms with van der Waals surface area (Å²) in [7, 11) is 1.86. The number of thiophene rings is 1. The van der Waals surface area contributed by atoms with E-state index in [1.165, 1.54) is 22.7 Å².